The Morgan fingerprint density at radius 1 is 1.08 bits per heavy atom. The zero-order valence-corrected chi connectivity index (χ0v) is 13.9. The highest BCUT2D eigenvalue weighted by Crippen LogP contribution is 2.31. The number of aromatic nitrogens is 7. The molecule has 5 heterocycles. The third-order valence-electron chi connectivity index (χ3n) is 4.91. The van der Waals surface area contributed by atoms with Gasteiger partial charge in [-0.05, 0) is 38.0 Å². The highest BCUT2D eigenvalue weighted by atomic mass is 15.4. The van der Waals surface area contributed by atoms with Crippen LogP contribution in [-0.2, 0) is 0 Å². The van der Waals surface area contributed by atoms with E-state index in [-0.39, 0.29) is 0 Å². The summed E-state index contributed by atoms with van der Waals surface area (Å²) < 4.78 is 3.86. The first-order chi connectivity index (χ1) is 12.3. The molecule has 4 aromatic heterocycles. The van der Waals surface area contributed by atoms with Crippen LogP contribution in [0.25, 0.3) is 11.3 Å². The monoisotopic (exact) mass is 334 g/mol. The van der Waals surface area contributed by atoms with Gasteiger partial charge >= 0.3 is 0 Å². The van der Waals surface area contributed by atoms with Gasteiger partial charge in [0, 0.05) is 25.2 Å². The number of aryl methyl sites for hydroxylation is 1. The molecule has 0 aromatic carbocycles. The van der Waals surface area contributed by atoms with Crippen LogP contribution in [0.1, 0.15) is 30.3 Å². The highest BCUT2D eigenvalue weighted by Gasteiger charge is 2.26. The summed E-state index contributed by atoms with van der Waals surface area (Å²) >= 11 is 0. The molecule has 1 aliphatic heterocycles. The number of hydrogen-bond donors (Lipinski definition) is 0. The predicted octanol–water partition coefficient (Wildman–Crippen LogP) is 1.86. The summed E-state index contributed by atoms with van der Waals surface area (Å²) in [6.07, 6.45) is 5.78. The van der Waals surface area contributed by atoms with E-state index in [1.54, 1.807) is 10.8 Å². The summed E-state index contributed by atoms with van der Waals surface area (Å²) in [5.74, 6) is 1.49. The van der Waals surface area contributed by atoms with Crippen LogP contribution in [0.5, 0.6) is 0 Å². The van der Waals surface area contributed by atoms with E-state index in [4.69, 9.17) is 0 Å². The minimum absolute atomic E-state index is 0.422. The normalized spacial score (nSPS) is 16.1. The molecule has 0 spiro atoms. The maximum Gasteiger partial charge on any atom is 0.200 e. The maximum atomic E-state index is 4.43. The minimum Gasteiger partial charge on any atom is -0.368 e. The fraction of sp³-hybridized carbons (Fsp3) is 0.353. The van der Waals surface area contributed by atoms with E-state index in [1.807, 2.05) is 31.3 Å². The van der Waals surface area contributed by atoms with Gasteiger partial charge in [0.15, 0.2) is 5.65 Å². The van der Waals surface area contributed by atoms with Crippen molar-refractivity contribution < 1.29 is 0 Å². The largest absolute Gasteiger partial charge is 0.368 e. The summed E-state index contributed by atoms with van der Waals surface area (Å²) in [4.78, 5) is 2.37. The van der Waals surface area contributed by atoms with Gasteiger partial charge in [0.1, 0.15) is 12.2 Å². The highest BCUT2D eigenvalue weighted by molar-refractivity contribution is 5.68. The summed E-state index contributed by atoms with van der Waals surface area (Å²) in [6.45, 7) is 3.91. The van der Waals surface area contributed by atoms with Gasteiger partial charge in [-0.25, -0.2) is 0 Å². The fourth-order valence-corrected chi connectivity index (χ4v) is 3.68. The van der Waals surface area contributed by atoms with Crippen molar-refractivity contribution in [2.45, 2.75) is 25.7 Å². The molecule has 4 aromatic rings. The third-order valence-corrected chi connectivity index (χ3v) is 4.91. The first-order valence-electron chi connectivity index (χ1n) is 8.52. The van der Waals surface area contributed by atoms with Crippen LogP contribution in [0.2, 0.25) is 0 Å². The average Bonchev–Trinajstić information content (AvgIpc) is 3.28. The van der Waals surface area contributed by atoms with Crippen molar-refractivity contribution in [3.8, 4) is 0 Å². The van der Waals surface area contributed by atoms with Crippen LogP contribution in [0.4, 0.5) is 5.69 Å². The first kappa shape index (κ1) is 14.3. The van der Waals surface area contributed by atoms with E-state index in [1.165, 1.54) is 0 Å². The molecule has 8 heteroatoms. The molecule has 0 radical (unpaired) electrons. The molecule has 25 heavy (non-hydrogen) atoms. The van der Waals surface area contributed by atoms with Gasteiger partial charge in [0.05, 0.1) is 11.4 Å². The smallest absolute Gasteiger partial charge is 0.200 e. The number of nitrogens with zero attached hydrogens (tertiary/aromatic N) is 8. The fourth-order valence-electron chi connectivity index (χ4n) is 3.68. The molecule has 1 fully saturated rings. The van der Waals surface area contributed by atoms with Gasteiger partial charge in [-0.2, -0.15) is 9.61 Å². The second-order valence-corrected chi connectivity index (χ2v) is 6.52. The third kappa shape index (κ3) is 2.33. The Hall–Kier alpha value is -3.03. The lowest BCUT2D eigenvalue weighted by Crippen LogP contribution is -2.34. The van der Waals surface area contributed by atoms with Crippen molar-refractivity contribution >= 4 is 17.0 Å². The summed E-state index contributed by atoms with van der Waals surface area (Å²) in [5, 5.41) is 21.4. The van der Waals surface area contributed by atoms with Gasteiger partial charge < -0.3 is 4.90 Å². The second-order valence-electron chi connectivity index (χ2n) is 6.52. The molecular formula is C17H18N8. The Kier molecular flexibility index (Phi) is 3.16. The van der Waals surface area contributed by atoms with Crippen molar-refractivity contribution in [1.29, 1.82) is 0 Å². The number of anilines is 1. The molecule has 1 aliphatic rings. The Morgan fingerprint density at radius 2 is 1.96 bits per heavy atom. The van der Waals surface area contributed by atoms with Crippen LogP contribution in [0.3, 0.4) is 0 Å². The summed E-state index contributed by atoms with van der Waals surface area (Å²) in [7, 11) is 0. The summed E-state index contributed by atoms with van der Waals surface area (Å²) in [5.41, 5.74) is 3.80. The van der Waals surface area contributed by atoms with E-state index < -0.39 is 0 Å². The van der Waals surface area contributed by atoms with Gasteiger partial charge in [0.25, 0.3) is 0 Å². The zero-order chi connectivity index (χ0) is 16.8. The number of rotatable bonds is 2. The van der Waals surface area contributed by atoms with E-state index in [9.17, 15) is 0 Å². The van der Waals surface area contributed by atoms with E-state index in [0.717, 1.165) is 54.4 Å². The standard InChI is InChI=1S/C17H18N8/c1-12-10-14(17-20-18-11-25(17)22-12)23-8-5-13(6-9-23)16-21-19-15-4-2-3-7-24(15)16/h2-4,7,10-11,13H,5-6,8-9H2,1H3. The van der Waals surface area contributed by atoms with Crippen molar-refractivity contribution in [3.63, 3.8) is 0 Å². The Bertz CT molecular complexity index is 1040. The SMILES string of the molecule is Cc1cc(N2CCC(c3nnc4ccccn34)CC2)c2nncn2n1. The Labute approximate surface area is 144 Å². The van der Waals surface area contributed by atoms with Crippen molar-refractivity contribution in [1.82, 2.24) is 34.4 Å². The van der Waals surface area contributed by atoms with Gasteiger partial charge in [-0.1, -0.05) is 6.07 Å². The lowest BCUT2D eigenvalue weighted by Gasteiger charge is -2.32. The van der Waals surface area contributed by atoms with Crippen molar-refractivity contribution in [2.24, 2.45) is 0 Å². The van der Waals surface area contributed by atoms with Crippen LogP contribution in [0, 0.1) is 6.92 Å². The lowest BCUT2D eigenvalue weighted by molar-refractivity contribution is 0.482. The van der Waals surface area contributed by atoms with E-state index in [0.29, 0.717) is 5.92 Å². The molecule has 0 aliphatic carbocycles. The van der Waals surface area contributed by atoms with Crippen LogP contribution in [0.15, 0.2) is 36.8 Å². The van der Waals surface area contributed by atoms with Crippen LogP contribution >= 0.6 is 0 Å². The molecule has 8 nitrogen and oxygen atoms in total. The predicted molar refractivity (Wildman–Crippen MR) is 92.7 cm³/mol. The van der Waals surface area contributed by atoms with E-state index >= 15 is 0 Å². The maximum absolute atomic E-state index is 4.43. The van der Waals surface area contributed by atoms with E-state index in [2.05, 4.69) is 40.9 Å². The lowest BCUT2D eigenvalue weighted by atomic mass is 9.95. The minimum atomic E-state index is 0.422. The summed E-state index contributed by atoms with van der Waals surface area (Å²) in [6, 6.07) is 8.10. The average molecular weight is 334 g/mol. The molecule has 0 N–H and O–H groups in total. The molecule has 1 saturated heterocycles. The molecule has 0 atom stereocenters. The van der Waals surface area contributed by atoms with Crippen molar-refractivity contribution in [2.75, 3.05) is 18.0 Å². The van der Waals surface area contributed by atoms with Crippen LogP contribution < -0.4 is 4.90 Å². The molecular weight excluding hydrogens is 316 g/mol. The molecule has 0 bridgehead atoms. The molecule has 0 unspecified atom stereocenters. The second kappa shape index (κ2) is 5.51. The molecule has 0 amide bonds. The van der Waals surface area contributed by atoms with Gasteiger partial charge in [0.2, 0.25) is 5.65 Å². The molecule has 0 saturated carbocycles. The van der Waals surface area contributed by atoms with Crippen LogP contribution in [-0.4, -0.2) is 47.5 Å². The van der Waals surface area contributed by atoms with Crippen molar-refractivity contribution in [3.05, 3.63) is 48.3 Å². The topological polar surface area (TPSA) is 76.5 Å². The number of hydrogen-bond acceptors (Lipinski definition) is 6. The van der Waals surface area contributed by atoms with Gasteiger partial charge in [-0.3, -0.25) is 4.40 Å². The number of pyridine rings is 1. The zero-order valence-electron chi connectivity index (χ0n) is 13.9. The number of fused-ring (bicyclic) bond motifs is 2. The molecule has 5 rings (SSSR count). The molecule has 126 valence electrons. The number of piperidine rings is 1. The Balaban J connectivity index is 1.42. The quantitative estimate of drug-likeness (QED) is 0.557. The first-order valence-corrected chi connectivity index (χ1v) is 8.52. The Morgan fingerprint density at radius 3 is 2.84 bits per heavy atom. The van der Waals surface area contributed by atoms with Gasteiger partial charge in [-0.15, -0.1) is 20.4 Å².